The van der Waals surface area contributed by atoms with Crippen LogP contribution in [0.2, 0.25) is 0 Å². The van der Waals surface area contributed by atoms with Gasteiger partial charge in [0.05, 0.1) is 17.9 Å². The molecule has 0 aliphatic heterocycles. The van der Waals surface area contributed by atoms with Gasteiger partial charge in [0.25, 0.3) is 0 Å². The van der Waals surface area contributed by atoms with Crippen LogP contribution in [-0.2, 0) is 16.1 Å². The zero-order valence-electron chi connectivity index (χ0n) is 18.7. The summed E-state index contributed by atoms with van der Waals surface area (Å²) in [5.74, 6) is -1.10. The zero-order chi connectivity index (χ0) is 23.7. The van der Waals surface area contributed by atoms with Gasteiger partial charge in [0.2, 0.25) is 5.91 Å². The summed E-state index contributed by atoms with van der Waals surface area (Å²) in [6, 6.07) is 8.05. The van der Waals surface area contributed by atoms with Gasteiger partial charge in [0.15, 0.2) is 5.65 Å². The first-order valence-corrected chi connectivity index (χ1v) is 11.3. The molecule has 4 aromatic rings. The van der Waals surface area contributed by atoms with Gasteiger partial charge in [0, 0.05) is 16.5 Å². The highest BCUT2D eigenvalue weighted by molar-refractivity contribution is 7.16. The second-order valence-corrected chi connectivity index (χ2v) is 8.79. The molecule has 7 nitrogen and oxygen atoms in total. The molecule has 0 aliphatic rings. The van der Waals surface area contributed by atoms with Gasteiger partial charge < -0.3 is 10.1 Å². The molecular weight excluding hydrogens is 443 g/mol. The Morgan fingerprint density at radius 2 is 1.88 bits per heavy atom. The van der Waals surface area contributed by atoms with E-state index in [1.807, 2.05) is 26.8 Å². The lowest BCUT2D eigenvalue weighted by Crippen LogP contribution is -2.20. The minimum Gasteiger partial charge on any atom is -0.462 e. The summed E-state index contributed by atoms with van der Waals surface area (Å²) in [7, 11) is 0. The molecule has 1 N–H and O–H groups in total. The summed E-state index contributed by atoms with van der Waals surface area (Å²) >= 11 is 1.34. The smallest absolute Gasteiger partial charge is 0.341 e. The van der Waals surface area contributed by atoms with Crippen molar-refractivity contribution < 1.29 is 18.7 Å². The Balaban J connectivity index is 1.64. The van der Waals surface area contributed by atoms with E-state index in [1.54, 1.807) is 25.3 Å². The monoisotopic (exact) mass is 466 g/mol. The predicted octanol–water partition coefficient (Wildman–Crippen LogP) is 5.04. The highest BCUT2D eigenvalue weighted by Crippen LogP contribution is 2.33. The molecule has 9 heteroatoms. The number of hydrogen-bond donors (Lipinski definition) is 1. The number of rotatable bonds is 6. The Kier molecular flexibility index (Phi) is 6.24. The van der Waals surface area contributed by atoms with Crippen molar-refractivity contribution in [2.45, 2.75) is 34.2 Å². The van der Waals surface area contributed by atoms with Crippen molar-refractivity contribution in [2.75, 3.05) is 11.9 Å². The van der Waals surface area contributed by atoms with Crippen LogP contribution < -0.4 is 5.32 Å². The molecule has 0 unspecified atom stereocenters. The first-order chi connectivity index (χ1) is 15.8. The largest absolute Gasteiger partial charge is 0.462 e. The number of carbonyl (C=O) groups excluding carboxylic acids is 2. The number of esters is 1. The molecule has 170 valence electrons. The lowest BCUT2D eigenvalue weighted by Gasteiger charge is -2.08. The number of pyridine rings is 1. The zero-order valence-corrected chi connectivity index (χ0v) is 19.5. The van der Waals surface area contributed by atoms with Crippen LogP contribution in [-0.4, -0.2) is 33.2 Å². The van der Waals surface area contributed by atoms with Gasteiger partial charge in [-0.1, -0.05) is 12.1 Å². The minimum atomic E-state index is -0.458. The summed E-state index contributed by atoms with van der Waals surface area (Å²) in [6.45, 7) is 7.48. The van der Waals surface area contributed by atoms with Crippen molar-refractivity contribution in [1.29, 1.82) is 0 Å². The Labute approximate surface area is 194 Å². The molecular formula is C24H23FN4O3S. The average Bonchev–Trinajstić information content (AvgIpc) is 3.24. The second kappa shape index (κ2) is 9.11. The first-order valence-electron chi connectivity index (χ1n) is 10.4. The number of nitrogens with one attached hydrogen (secondary N) is 1. The molecule has 1 aromatic carbocycles. The Morgan fingerprint density at radius 1 is 1.15 bits per heavy atom. The van der Waals surface area contributed by atoms with Gasteiger partial charge in [-0.15, -0.1) is 11.3 Å². The average molecular weight is 467 g/mol. The lowest BCUT2D eigenvalue weighted by atomic mass is 10.0. The summed E-state index contributed by atoms with van der Waals surface area (Å²) in [5.41, 5.74) is 4.12. The van der Waals surface area contributed by atoms with Gasteiger partial charge >= 0.3 is 5.97 Å². The van der Waals surface area contributed by atoms with E-state index in [0.29, 0.717) is 21.9 Å². The van der Waals surface area contributed by atoms with E-state index >= 15 is 0 Å². The van der Waals surface area contributed by atoms with Crippen molar-refractivity contribution in [1.82, 2.24) is 14.8 Å². The summed E-state index contributed by atoms with van der Waals surface area (Å²) < 4.78 is 20.1. The SMILES string of the molecule is CCOC(=O)c1c(NC(=O)Cn2nc(C)c3c(-c4ccc(F)cc4)ccnc32)sc(C)c1C. The van der Waals surface area contributed by atoms with Crippen LogP contribution in [0.1, 0.15) is 33.4 Å². The van der Waals surface area contributed by atoms with Crippen molar-refractivity contribution in [3.05, 3.63) is 64.0 Å². The van der Waals surface area contributed by atoms with E-state index in [4.69, 9.17) is 4.74 Å². The van der Waals surface area contributed by atoms with Crippen molar-refractivity contribution in [3.8, 4) is 11.1 Å². The number of aryl methyl sites for hydroxylation is 2. The number of hydrogen-bond acceptors (Lipinski definition) is 6. The van der Waals surface area contributed by atoms with E-state index in [9.17, 15) is 14.0 Å². The van der Waals surface area contributed by atoms with Gasteiger partial charge in [-0.05, 0) is 62.6 Å². The standard InChI is InChI=1S/C24H23FN4O3S/c1-5-32-24(31)20-13(2)15(4)33-23(20)27-19(30)12-29-22-21(14(3)28-29)18(10-11-26-22)16-6-8-17(25)9-7-16/h6-11H,5,12H2,1-4H3,(H,27,30). The van der Waals surface area contributed by atoms with Crippen LogP contribution in [0.5, 0.6) is 0 Å². The number of anilines is 1. The van der Waals surface area contributed by atoms with Crippen LogP contribution in [0.15, 0.2) is 36.5 Å². The topological polar surface area (TPSA) is 86.1 Å². The molecule has 0 radical (unpaired) electrons. The molecule has 0 spiro atoms. The minimum absolute atomic E-state index is 0.0809. The lowest BCUT2D eigenvalue weighted by molar-refractivity contribution is -0.116. The Bertz CT molecular complexity index is 1360. The number of ether oxygens (including phenoxy) is 1. The first kappa shape index (κ1) is 22.6. The summed E-state index contributed by atoms with van der Waals surface area (Å²) in [4.78, 5) is 30.6. The van der Waals surface area contributed by atoms with Crippen LogP contribution in [0.4, 0.5) is 9.39 Å². The number of carbonyl (C=O) groups is 2. The molecule has 3 aromatic heterocycles. The molecule has 3 heterocycles. The maximum atomic E-state index is 13.4. The third-order valence-corrected chi connectivity index (χ3v) is 6.50. The normalized spacial score (nSPS) is 11.1. The molecule has 0 saturated carbocycles. The molecule has 0 atom stereocenters. The maximum absolute atomic E-state index is 13.4. The van der Waals surface area contributed by atoms with Crippen molar-refractivity contribution >= 4 is 39.2 Å². The number of fused-ring (bicyclic) bond motifs is 1. The number of halogens is 1. The third kappa shape index (κ3) is 4.36. The van der Waals surface area contributed by atoms with E-state index < -0.39 is 5.97 Å². The van der Waals surface area contributed by atoms with Gasteiger partial charge in [-0.25, -0.2) is 18.9 Å². The number of amides is 1. The number of thiophene rings is 1. The number of aromatic nitrogens is 3. The summed E-state index contributed by atoms with van der Waals surface area (Å²) in [6.07, 6.45) is 1.64. The van der Waals surface area contributed by atoms with Gasteiger partial charge in [0.1, 0.15) is 17.4 Å². The molecule has 0 bridgehead atoms. The molecule has 1 amide bonds. The van der Waals surface area contributed by atoms with E-state index in [1.165, 1.54) is 28.2 Å². The third-order valence-electron chi connectivity index (χ3n) is 5.37. The van der Waals surface area contributed by atoms with Gasteiger partial charge in [-0.3, -0.25) is 4.79 Å². The summed E-state index contributed by atoms with van der Waals surface area (Å²) in [5, 5.41) is 8.61. The fourth-order valence-electron chi connectivity index (χ4n) is 3.73. The number of benzene rings is 1. The fourth-order valence-corrected chi connectivity index (χ4v) is 4.79. The van der Waals surface area contributed by atoms with Crippen LogP contribution in [0.25, 0.3) is 22.2 Å². The number of nitrogens with zero attached hydrogens (tertiary/aromatic N) is 3. The van der Waals surface area contributed by atoms with E-state index in [0.717, 1.165) is 27.0 Å². The van der Waals surface area contributed by atoms with Crippen LogP contribution in [0.3, 0.4) is 0 Å². The van der Waals surface area contributed by atoms with Crippen LogP contribution in [0, 0.1) is 26.6 Å². The molecule has 0 aliphatic carbocycles. The Hall–Kier alpha value is -3.59. The molecule has 33 heavy (non-hydrogen) atoms. The van der Waals surface area contributed by atoms with E-state index in [2.05, 4.69) is 15.4 Å². The van der Waals surface area contributed by atoms with Crippen molar-refractivity contribution in [2.24, 2.45) is 0 Å². The van der Waals surface area contributed by atoms with Crippen molar-refractivity contribution in [3.63, 3.8) is 0 Å². The Morgan fingerprint density at radius 3 is 2.58 bits per heavy atom. The van der Waals surface area contributed by atoms with Gasteiger partial charge in [-0.2, -0.15) is 5.10 Å². The molecule has 0 fully saturated rings. The maximum Gasteiger partial charge on any atom is 0.341 e. The second-order valence-electron chi connectivity index (χ2n) is 7.56. The molecule has 0 saturated heterocycles. The fraction of sp³-hybridized carbons (Fsp3) is 0.250. The van der Waals surface area contributed by atoms with E-state index in [-0.39, 0.29) is 24.9 Å². The quantitative estimate of drug-likeness (QED) is 0.403. The highest BCUT2D eigenvalue weighted by Gasteiger charge is 2.23. The van der Waals surface area contributed by atoms with Crippen LogP contribution >= 0.6 is 11.3 Å². The predicted molar refractivity (Wildman–Crippen MR) is 126 cm³/mol. The highest BCUT2D eigenvalue weighted by atomic mass is 32.1. The molecule has 4 rings (SSSR count).